The Morgan fingerprint density at radius 2 is 1.22 bits per heavy atom. The van der Waals surface area contributed by atoms with E-state index in [0.29, 0.717) is 13.1 Å². The van der Waals surface area contributed by atoms with E-state index in [1.54, 1.807) is 12.2 Å². The maximum atomic E-state index is 12.3. The van der Waals surface area contributed by atoms with Gasteiger partial charge >= 0.3 is 6.03 Å². The standard InChI is InChI=1S/C15H22N2O/c1-5-9-13-14(10-6-2)17(12-8-4)15(18)16(13)11-7-3/h5-8,13-14H,1-4,9-12H2. The van der Waals surface area contributed by atoms with Crippen LogP contribution in [0.1, 0.15) is 12.8 Å². The van der Waals surface area contributed by atoms with Gasteiger partial charge in [0.05, 0.1) is 12.1 Å². The normalized spacial score (nSPS) is 23.0. The maximum Gasteiger partial charge on any atom is 0.321 e. The van der Waals surface area contributed by atoms with Gasteiger partial charge in [-0.15, -0.1) is 26.3 Å². The summed E-state index contributed by atoms with van der Waals surface area (Å²) in [5.74, 6) is 0. The number of urea groups is 1. The average molecular weight is 246 g/mol. The molecule has 1 aliphatic heterocycles. The lowest BCUT2D eigenvalue weighted by molar-refractivity contribution is 0.192. The van der Waals surface area contributed by atoms with Crippen molar-refractivity contribution in [3.63, 3.8) is 0 Å². The Bertz CT molecular complexity index is 316. The van der Waals surface area contributed by atoms with Crippen molar-refractivity contribution in [1.29, 1.82) is 0 Å². The second kappa shape index (κ2) is 6.84. The van der Waals surface area contributed by atoms with E-state index < -0.39 is 0 Å². The Morgan fingerprint density at radius 3 is 1.50 bits per heavy atom. The van der Waals surface area contributed by atoms with Crippen LogP contribution in [0.15, 0.2) is 50.6 Å². The third-order valence-electron chi connectivity index (χ3n) is 3.20. The Morgan fingerprint density at radius 1 is 0.833 bits per heavy atom. The molecule has 0 spiro atoms. The lowest BCUT2D eigenvalue weighted by atomic mass is 10.0. The van der Waals surface area contributed by atoms with Crippen molar-refractivity contribution < 1.29 is 4.79 Å². The van der Waals surface area contributed by atoms with Gasteiger partial charge in [-0.3, -0.25) is 0 Å². The first-order valence-corrected chi connectivity index (χ1v) is 6.22. The second-order valence-corrected chi connectivity index (χ2v) is 4.35. The minimum absolute atomic E-state index is 0.0495. The molecule has 2 unspecified atom stereocenters. The van der Waals surface area contributed by atoms with E-state index in [1.807, 2.05) is 22.0 Å². The fourth-order valence-electron chi connectivity index (χ4n) is 2.48. The highest BCUT2D eigenvalue weighted by Gasteiger charge is 2.42. The predicted octanol–water partition coefficient (Wildman–Crippen LogP) is 2.99. The summed E-state index contributed by atoms with van der Waals surface area (Å²) < 4.78 is 0. The van der Waals surface area contributed by atoms with E-state index in [-0.39, 0.29) is 18.1 Å². The molecule has 98 valence electrons. The molecule has 0 bridgehead atoms. The van der Waals surface area contributed by atoms with Gasteiger partial charge in [0.2, 0.25) is 0 Å². The van der Waals surface area contributed by atoms with Gasteiger partial charge in [-0.05, 0) is 12.8 Å². The van der Waals surface area contributed by atoms with Crippen molar-refractivity contribution in [2.75, 3.05) is 13.1 Å². The van der Waals surface area contributed by atoms with Crippen molar-refractivity contribution in [1.82, 2.24) is 9.80 Å². The monoisotopic (exact) mass is 246 g/mol. The number of hydrogen-bond acceptors (Lipinski definition) is 1. The molecular formula is C15H22N2O. The summed E-state index contributed by atoms with van der Waals surface area (Å²) >= 11 is 0. The highest BCUT2D eigenvalue weighted by molar-refractivity contribution is 5.78. The Labute approximate surface area is 110 Å². The third kappa shape index (κ3) is 2.73. The van der Waals surface area contributed by atoms with Crippen LogP contribution in [0.5, 0.6) is 0 Å². The Hall–Kier alpha value is -1.77. The third-order valence-corrected chi connectivity index (χ3v) is 3.20. The molecule has 0 N–H and O–H groups in total. The maximum absolute atomic E-state index is 12.3. The molecule has 1 saturated heterocycles. The summed E-state index contributed by atoms with van der Waals surface area (Å²) in [4.78, 5) is 16.1. The average Bonchev–Trinajstić information content (AvgIpc) is 2.58. The summed E-state index contributed by atoms with van der Waals surface area (Å²) in [5, 5.41) is 0. The van der Waals surface area contributed by atoms with E-state index in [0.717, 1.165) is 12.8 Å². The molecule has 1 heterocycles. The molecule has 1 fully saturated rings. The number of carbonyl (C=O) groups excluding carboxylic acids is 1. The van der Waals surface area contributed by atoms with Gasteiger partial charge in [0.15, 0.2) is 0 Å². The molecule has 0 saturated carbocycles. The molecule has 2 atom stereocenters. The minimum Gasteiger partial charge on any atom is -0.316 e. The minimum atomic E-state index is 0.0495. The van der Waals surface area contributed by atoms with Gasteiger partial charge in [0, 0.05) is 13.1 Å². The van der Waals surface area contributed by atoms with Gasteiger partial charge in [-0.2, -0.15) is 0 Å². The topological polar surface area (TPSA) is 23.6 Å². The molecule has 3 nitrogen and oxygen atoms in total. The number of nitrogens with zero attached hydrogens (tertiary/aromatic N) is 2. The van der Waals surface area contributed by atoms with Crippen LogP contribution in [0.3, 0.4) is 0 Å². The molecule has 0 aliphatic carbocycles. The molecule has 0 aromatic carbocycles. The lowest BCUT2D eigenvalue weighted by Crippen LogP contribution is -2.36. The fraction of sp³-hybridized carbons (Fsp3) is 0.400. The summed E-state index contributed by atoms with van der Waals surface area (Å²) in [6.45, 7) is 16.1. The molecule has 0 aromatic heterocycles. The van der Waals surface area contributed by atoms with Crippen molar-refractivity contribution in [3.8, 4) is 0 Å². The van der Waals surface area contributed by atoms with Crippen LogP contribution in [-0.4, -0.2) is 41.0 Å². The number of hydrogen-bond donors (Lipinski definition) is 0. The van der Waals surface area contributed by atoms with Crippen LogP contribution < -0.4 is 0 Å². The van der Waals surface area contributed by atoms with Gasteiger partial charge in [0.25, 0.3) is 0 Å². The van der Waals surface area contributed by atoms with Crippen LogP contribution in [0.25, 0.3) is 0 Å². The predicted molar refractivity (Wildman–Crippen MR) is 76.4 cm³/mol. The number of carbonyl (C=O) groups is 1. The molecule has 18 heavy (non-hydrogen) atoms. The van der Waals surface area contributed by atoms with Crippen molar-refractivity contribution >= 4 is 6.03 Å². The fourth-order valence-corrected chi connectivity index (χ4v) is 2.48. The lowest BCUT2D eigenvalue weighted by Gasteiger charge is -2.25. The Kier molecular flexibility index (Phi) is 5.43. The summed E-state index contributed by atoms with van der Waals surface area (Å²) in [7, 11) is 0. The summed E-state index contributed by atoms with van der Waals surface area (Å²) in [6, 6.07) is 0.338. The van der Waals surface area contributed by atoms with Crippen LogP contribution in [0.2, 0.25) is 0 Å². The quantitative estimate of drug-likeness (QED) is 0.604. The summed E-state index contributed by atoms with van der Waals surface area (Å²) in [6.07, 6.45) is 8.81. The molecular weight excluding hydrogens is 224 g/mol. The van der Waals surface area contributed by atoms with Gasteiger partial charge in [-0.1, -0.05) is 24.3 Å². The van der Waals surface area contributed by atoms with Crippen molar-refractivity contribution in [2.24, 2.45) is 0 Å². The zero-order valence-corrected chi connectivity index (χ0v) is 10.9. The zero-order valence-electron chi connectivity index (χ0n) is 10.9. The smallest absolute Gasteiger partial charge is 0.316 e. The zero-order chi connectivity index (χ0) is 13.5. The molecule has 0 radical (unpaired) electrons. The van der Waals surface area contributed by atoms with E-state index in [9.17, 15) is 4.79 Å². The largest absolute Gasteiger partial charge is 0.321 e. The molecule has 1 aliphatic rings. The van der Waals surface area contributed by atoms with E-state index in [1.165, 1.54) is 0 Å². The number of amides is 2. The van der Waals surface area contributed by atoms with Crippen LogP contribution in [0, 0.1) is 0 Å². The highest BCUT2D eigenvalue weighted by atomic mass is 16.2. The molecule has 2 amide bonds. The van der Waals surface area contributed by atoms with Crippen LogP contribution in [-0.2, 0) is 0 Å². The second-order valence-electron chi connectivity index (χ2n) is 4.35. The van der Waals surface area contributed by atoms with E-state index >= 15 is 0 Å². The van der Waals surface area contributed by atoms with Gasteiger partial charge in [0.1, 0.15) is 0 Å². The molecule has 3 heteroatoms. The van der Waals surface area contributed by atoms with Crippen LogP contribution >= 0.6 is 0 Å². The van der Waals surface area contributed by atoms with Gasteiger partial charge in [-0.25, -0.2) is 4.79 Å². The van der Waals surface area contributed by atoms with Crippen molar-refractivity contribution in [2.45, 2.75) is 24.9 Å². The van der Waals surface area contributed by atoms with E-state index in [4.69, 9.17) is 0 Å². The van der Waals surface area contributed by atoms with Crippen molar-refractivity contribution in [3.05, 3.63) is 50.6 Å². The first kappa shape index (κ1) is 14.3. The SMILES string of the molecule is C=CCC1C(CC=C)N(CC=C)C(=O)N1CC=C. The first-order valence-electron chi connectivity index (χ1n) is 6.22. The molecule has 1 rings (SSSR count). The summed E-state index contributed by atoms with van der Waals surface area (Å²) in [5.41, 5.74) is 0. The van der Waals surface area contributed by atoms with Gasteiger partial charge < -0.3 is 9.80 Å². The Balaban J connectivity index is 3.00. The molecule has 0 aromatic rings. The number of rotatable bonds is 8. The first-order chi connectivity index (χ1) is 8.71. The van der Waals surface area contributed by atoms with Crippen LogP contribution in [0.4, 0.5) is 4.79 Å². The highest BCUT2D eigenvalue weighted by Crippen LogP contribution is 2.28. The van der Waals surface area contributed by atoms with E-state index in [2.05, 4.69) is 26.3 Å².